The molecule has 4 aromatic rings. The van der Waals surface area contributed by atoms with Crippen molar-refractivity contribution in [1.29, 1.82) is 0 Å². The zero-order valence-electron chi connectivity index (χ0n) is 19.7. The Kier molecular flexibility index (Phi) is 8.56. The predicted molar refractivity (Wildman–Crippen MR) is 145 cm³/mol. The van der Waals surface area contributed by atoms with Crippen LogP contribution in [0.4, 0.5) is 5.82 Å². The molecule has 36 heavy (non-hydrogen) atoms. The first-order valence-corrected chi connectivity index (χ1v) is 13.8. The van der Waals surface area contributed by atoms with Gasteiger partial charge in [-0.2, -0.15) is 0 Å². The molecule has 0 aliphatic heterocycles. The Morgan fingerprint density at radius 3 is 2.28 bits per heavy atom. The molecule has 9 heteroatoms. The number of rotatable bonds is 11. The number of benzene rings is 3. The first-order valence-electron chi connectivity index (χ1n) is 11.4. The third kappa shape index (κ3) is 7.29. The third-order valence-electron chi connectivity index (χ3n) is 5.31. The van der Waals surface area contributed by atoms with Crippen molar-refractivity contribution < 1.29 is 17.9 Å². The van der Waals surface area contributed by atoms with Gasteiger partial charge in [-0.3, -0.25) is 4.72 Å². The number of nitrogens with zero attached hydrogens (tertiary/aromatic N) is 2. The van der Waals surface area contributed by atoms with Gasteiger partial charge in [0.1, 0.15) is 25.3 Å². The lowest BCUT2D eigenvalue weighted by atomic mass is 10.1. The molecule has 0 bridgehead atoms. The summed E-state index contributed by atoms with van der Waals surface area (Å²) in [5.74, 6) is 1.08. The maximum Gasteiger partial charge on any atom is 0.234 e. The van der Waals surface area contributed by atoms with Crippen LogP contribution in [-0.2, 0) is 16.4 Å². The molecule has 0 fully saturated rings. The van der Waals surface area contributed by atoms with Crippen molar-refractivity contribution in [1.82, 2.24) is 9.97 Å². The van der Waals surface area contributed by atoms with Crippen LogP contribution < -0.4 is 14.2 Å². The van der Waals surface area contributed by atoms with Crippen LogP contribution in [0.5, 0.6) is 11.6 Å². The molecule has 0 amide bonds. The van der Waals surface area contributed by atoms with Gasteiger partial charge < -0.3 is 9.47 Å². The van der Waals surface area contributed by atoms with Crippen molar-refractivity contribution in [3.63, 3.8) is 0 Å². The second-order valence-corrected chi connectivity index (χ2v) is 10.8. The number of aryl methyl sites for hydroxylation is 2. The second-order valence-electron chi connectivity index (χ2n) is 8.08. The maximum atomic E-state index is 12.9. The number of hydrogen-bond acceptors (Lipinski definition) is 6. The molecule has 1 heterocycles. The van der Waals surface area contributed by atoms with Crippen molar-refractivity contribution in [3.8, 4) is 22.8 Å². The number of anilines is 1. The first kappa shape index (κ1) is 25.7. The zero-order chi connectivity index (χ0) is 25.4. The smallest absolute Gasteiger partial charge is 0.234 e. The minimum absolute atomic E-state index is 0.0778. The van der Waals surface area contributed by atoms with E-state index in [4.69, 9.17) is 9.47 Å². The fraction of sp³-hybridized carbons (Fsp3) is 0.185. The van der Waals surface area contributed by atoms with Gasteiger partial charge in [0.05, 0.1) is 11.3 Å². The van der Waals surface area contributed by atoms with E-state index in [-0.39, 0.29) is 30.7 Å². The van der Waals surface area contributed by atoms with Gasteiger partial charge in [-0.15, -0.1) is 0 Å². The van der Waals surface area contributed by atoms with Gasteiger partial charge in [-0.25, -0.2) is 18.4 Å². The van der Waals surface area contributed by atoms with Crippen molar-refractivity contribution in [3.05, 3.63) is 101 Å². The summed E-state index contributed by atoms with van der Waals surface area (Å²) in [6, 6.07) is 24.6. The highest BCUT2D eigenvalue weighted by molar-refractivity contribution is 9.10. The Labute approximate surface area is 219 Å². The molecule has 4 rings (SSSR count). The lowest BCUT2D eigenvalue weighted by molar-refractivity contribution is 0.212. The van der Waals surface area contributed by atoms with Crippen LogP contribution in [0.3, 0.4) is 0 Å². The number of ether oxygens (including phenoxy) is 2. The molecule has 0 aliphatic carbocycles. The van der Waals surface area contributed by atoms with E-state index < -0.39 is 10.0 Å². The molecular weight excluding hydrogens is 542 g/mol. The van der Waals surface area contributed by atoms with Crippen molar-refractivity contribution in [2.45, 2.75) is 13.3 Å². The summed E-state index contributed by atoms with van der Waals surface area (Å²) in [7, 11) is -3.68. The number of halogens is 1. The van der Waals surface area contributed by atoms with Crippen LogP contribution >= 0.6 is 15.9 Å². The SMILES string of the molecule is Cc1ccc(-c2c(NS(=O)(=O)CCc3ccccc3)ncnc2OCCOc2ccc(Br)cc2)cc1. The van der Waals surface area contributed by atoms with Crippen LogP contribution in [0, 0.1) is 6.92 Å². The summed E-state index contributed by atoms with van der Waals surface area (Å²) in [4.78, 5) is 8.53. The molecule has 0 atom stereocenters. The average Bonchev–Trinajstić information content (AvgIpc) is 2.88. The number of nitrogens with one attached hydrogen (secondary N) is 1. The number of hydrogen-bond donors (Lipinski definition) is 1. The van der Waals surface area contributed by atoms with Crippen LogP contribution in [-0.4, -0.2) is 37.4 Å². The van der Waals surface area contributed by atoms with E-state index in [1.165, 1.54) is 6.33 Å². The van der Waals surface area contributed by atoms with Gasteiger partial charge in [0.2, 0.25) is 15.9 Å². The topological polar surface area (TPSA) is 90.4 Å². The van der Waals surface area contributed by atoms with Gasteiger partial charge in [0, 0.05) is 4.47 Å². The quantitative estimate of drug-likeness (QED) is 0.235. The molecule has 0 saturated carbocycles. The van der Waals surface area contributed by atoms with Crippen molar-refractivity contribution in [2.24, 2.45) is 0 Å². The number of sulfonamides is 1. The molecule has 7 nitrogen and oxygen atoms in total. The first-order chi connectivity index (χ1) is 17.4. The summed E-state index contributed by atoms with van der Waals surface area (Å²) in [5, 5.41) is 0. The van der Waals surface area contributed by atoms with Crippen LogP contribution in [0.15, 0.2) is 89.7 Å². The molecule has 0 unspecified atom stereocenters. The standard InChI is InChI=1S/C27H26BrN3O4S/c1-20-7-9-22(10-8-20)25-26(31-36(32,33)18-15-21-5-3-2-4-6-21)29-19-30-27(25)35-17-16-34-24-13-11-23(28)12-14-24/h2-14,19H,15-18H2,1H3,(H,29,30,31). The fourth-order valence-electron chi connectivity index (χ4n) is 3.46. The molecule has 0 aliphatic rings. The number of aromatic nitrogens is 2. The minimum Gasteiger partial charge on any atom is -0.490 e. The van der Waals surface area contributed by atoms with Gasteiger partial charge in [-0.05, 0) is 48.7 Å². The maximum absolute atomic E-state index is 12.9. The van der Waals surface area contributed by atoms with E-state index in [1.807, 2.05) is 85.8 Å². The van der Waals surface area contributed by atoms with Crippen LogP contribution in [0.25, 0.3) is 11.1 Å². The van der Waals surface area contributed by atoms with Crippen molar-refractivity contribution >= 4 is 31.8 Å². The van der Waals surface area contributed by atoms with E-state index >= 15 is 0 Å². The highest BCUT2D eigenvalue weighted by Gasteiger charge is 2.20. The lowest BCUT2D eigenvalue weighted by Crippen LogP contribution is -2.20. The third-order valence-corrected chi connectivity index (χ3v) is 7.09. The van der Waals surface area contributed by atoms with E-state index in [1.54, 1.807) is 0 Å². The molecule has 0 radical (unpaired) electrons. The molecule has 0 saturated heterocycles. The van der Waals surface area contributed by atoms with Crippen molar-refractivity contribution in [2.75, 3.05) is 23.7 Å². The molecule has 186 valence electrons. The zero-order valence-corrected chi connectivity index (χ0v) is 22.1. The van der Waals surface area contributed by atoms with Crippen LogP contribution in [0.2, 0.25) is 0 Å². The molecule has 0 spiro atoms. The van der Waals surface area contributed by atoms with Gasteiger partial charge in [0.25, 0.3) is 0 Å². The second kappa shape index (κ2) is 12.0. The fourth-order valence-corrected chi connectivity index (χ4v) is 4.78. The predicted octanol–water partition coefficient (Wildman–Crippen LogP) is 5.66. The Balaban J connectivity index is 1.52. The summed E-state index contributed by atoms with van der Waals surface area (Å²) in [5.41, 5.74) is 3.24. The average molecular weight is 568 g/mol. The normalized spacial score (nSPS) is 11.2. The Morgan fingerprint density at radius 2 is 1.56 bits per heavy atom. The van der Waals surface area contributed by atoms with E-state index in [9.17, 15) is 8.42 Å². The summed E-state index contributed by atoms with van der Waals surface area (Å²) in [6.07, 6.45) is 1.68. The van der Waals surface area contributed by atoms with E-state index in [0.717, 1.165) is 26.9 Å². The summed E-state index contributed by atoms with van der Waals surface area (Å²) in [6.45, 7) is 2.48. The van der Waals surface area contributed by atoms with Gasteiger partial charge in [0.15, 0.2) is 5.82 Å². The summed E-state index contributed by atoms with van der Waals surface area (Å²) < 4.78 is 41.1. The van der Waals surface area contributed by atoms with Gasteiger partial charge >= 0.3 is 0 Å². The Morgan fingerprint density at radius 1 is 0.861 bits per heavy atom. The highest BCUT2D eigenvalue weighted by Crippen LogP contribution is 2.34. The minimum atomic E-state index is -3.68. The highest BCUT2D eigenvalue weighted by atomic mass is 79.9. The van der Waals surface area contributed by atoms with E-state index in [0.29, 0.717) is 12.0 Å². The lowest BCUT2D eigenvalue weighted by Gasteiger charge is -2.16. The Bertz CT molecular complexity index is 1380. The Hall–Kier alpha value is -3.43. The molecular formula is C27H26BrN3O4S. The molecule has 1 N–H and O–H groups in total. The van der Waals surface area contributed by atoms with E-state index in [2.05, 4.69) is 30.6 Å². The summed E-state index contributed by atoms with van der Waals surface area (Å²) >= 11 is 3.40. The van der Waals surface area contributed by atoms with Crippen LogP contribution in [0.1, 0.15) is 11.1 Å². The monoisotopic (exact) mass is 567 g/mol. The largest absolute Gasteiger partial charge is 0.490 e. The van der Waals surface area contributed by atoms with Gasteiger partial charge in [-0.1, -0.05) is 76.1 Å². The molecule has 3 aromatic carbocycles. The molecule has 1 aromatic heterocycles.